The standard InChI is InChI=1S/C21H24N4O/c26-19(16-7-3-1-4-8-16)15-25-12-11-22-21(25)18-13-23-20(24-14-18)17-9-5-2-6-10-17/h1,3-4,7-8,11-14,17,19,26H,2,5-6,9-10,15H2. The molecule has 1 atom stereocenters. The molecule has 134 valence electrons. The third-order valence-electron chi connectivity index (χ3n) is 5.17. The molecule has 1 aliphatic carbocycles. The Bertz CT molecular complexity index is 823. The van der Waals surface area contributed by atoms with Gasteiger partial charge in [-0.05, 0) is 18.4 Å². The van der Waals surface area contributed by atoms with Gasteiger partial charge in [-0.2, -0.15) is 0 Å². The van der Waals surface area contributed by atoms with Gasteiger partial charge >= 0.3 is 0 Å². The molecule has 1 fully saturated rings. The first-order valence-electron chi connectivity index (χ1n) is 9.38. The highest BCUT2D eigenvalue weighted by molar-refractivity contribution is 5.52. The third-order valence-corrected chi connectivity index (χ3v) is 5.17. The van der Waals surface area contributed by atoms with Crippen molar-refractivity contribution >= 4 is 0 Å². The predicted octanol–water partition coefficient (Wildman–Crippen LogP) is 4.12. The number of hydrogen-bond acceptors (Lipinski definition) is 4. The minimum Gasteiger partial charge on any atom is -0.387 e. The Balaban J connectivity index is 1.51. The van der Waals surface area contributed by atoms with Gasteiger partial charge in [0.15, 0.2) is 0 Å². The first-order chi connectivity index (χ1) is 12.8. The second-order valence-electron chi connectivity index (χ2n) is 6.99. The monoisotopic (exact) mass is 348 g/mol. The van der Waals surface area contributed by atoms with Gasteiger partial charge < -0.3 is 9.67 Å². The van der Waals surface area contributed by atoms with Gasteiger partial charge in [0.05, 0.1) is 18.2 Å². The maximum Gasteiger partial charge on any atom is 0.143 e. The number of nitrogens with zero attached hydrogens (tertiary/aromatic N) is 4. The summed E-state index contributed by atoms with van der Waals surface area (Å²) in [4.78, 5) is 13.7. The Kier molecular flexibility index (Phi) is 5.07. The van der Waals surface area contributed by atoms with Crippen molar-refractivity contribution in [3.63, 3.8) is 0 Å². The van der Waals surface area contributed by atoms with E-state index in [0.29, 0.717) is 12.5 Å². The minimum atomic E-state index is -0.577. The summed E-state index contributed by atoms with van der Waals surface area (Å²) >= 11 is 0. The summed E-state index contributed by atoms with van der Waals surface area (Å²) in [7, 11) is 0. The normalized spacial score (nSPS) is 16.5. The molecule has 0 aliphatic heterocycles. The van der Waals surface area contributed by atoms with Crippen LogP contribution in [-0.4, -0.2) is 24.6 Å². The van der Waals surface area contributed by atoms with E-state index in [9.17, 15) is 5.11 Å². The molecule has 1 N–H and O–H groups in total. The van der Waals surface area contributed by atoms with E-state index < -0.39 is 6.10 Å². The highest BCUT2D eigenvalue weighted by atomic mass is 16.3. The second-order valence-corrected chi connectivity index (χ2v) is 6.99. The summed E-state index contributed by atoms with van der Waals surface area (Å²) in [6.45, 7) is 0.448. The summed E-state index contributed by atoms with van der Waals surface area (Å²) in [5.74, 6) is 2.24. The van der Waals surface area contributed by atoms with Crippen molar-refractivity contribution in [3.8, 4) is 11.4 Å². The summed E-state index contributed by atoms with van der Waals surface area (Å²) in [6, 6.07) is 9.69. The van der Waals surface area contributed by atoms with Crippen molar-refractivity contribution in [3.05, 3.63) is 66.5 Å². The number of aliphatic hydroxyl groups excluding tert-OH is 1. The van der Waals surface area contributed by atoms with Crippen LogP contribution in [0, 0.1) is 0 Å². The Morgan fingerprint density at radius 2 is 1.73 bits per heavy atom. The Morgan fingerprint density at radius 1 is 1.00 bits per heavy atom. The molecule has 2 aromatic heterocycles. The van der Waals surface area contributed by atoms with Gasteiger partial charge in [-0.25, -0.2) is 15.0 Å². The molecule has 1 aliphatic rings. The van der Waals surface area contributed by atoms with Gasteiger partial charge in [-0.15, -0.1) is 0 Å². The van der Waals surface area contributed by atoms with Gasteiger partial charge in [0.2, 0.25) is 0 Å². The molecular weight excluding hydrogens is 324 g/mol. The van der Waals surface area contributed by atoms with E-state index in [0.717, 1.165) is 22.8 Å². The molecule has 0 bridgehead atoms. The Morgan fingerprint density at radius 3 is 2.46 bits per heavy atom. The molecule has 3 aromatic rings. The van der Waals surface area contributed by atoms with Crippen molar-refractivity contribution in [2.75, 3.05) is 0 Å². The topological polar surface area (TPSA) is 63.8 Å². The quantitative estimate of drug-likeness (QED) is 0.753. The van der Waals surface area contributed by atoms with Crippen LogP contribution in [0.4, 0.5) is 0 Å². The SMILES string of the molecule is OC(Cn1ccnc1-c1cnc(C2CCCCC2)nc1)c1ccccc1. The molecular formula is C21H24N4O. The van der Waals surface area contributed by atoms with Crippen LogP contribution >= 0.6 is 0 Å². The van der Waals surface area contributed by atoms with Crippen LogP contribution in [0.2, 0.25) is 0 Å². The molecule has 0 spiro atoms. The van der Waals surface area contributed by atoms with Crippen LogP contribution < -0.4 is 0 Å². The van der Waals surface area contributed by atoms with Crippen molar-refractivity contribution in [1.82, 2.24) is 19.5 Å². The van der Waals surface area contributed by atoms with Crippen LogP contribution in [-0.2, 0) is 6.54 Å². The third kappa shape index (κ3) is 3.68. The maximum atomic E-state index is 10.5. The fourth-order valence-corrected chi connectivity index (χ4v) is 3.71. The van der Waals surface area contributed by atoms with Gasteiger partial charge in [-0.1, -0.05) is 49.6 Å². The summed E-state index contributed by atoms with van der Waals surface area (Å²) in [6.07, 6.45) is 13.1. The Hall–Kier alpha value is -2.53. The molecule has 5 heteroatoms. The van der Waals surface area contributed by atoms with E-state index in [2.05, 4.69) is 15.0 Å². The van der Waals surface area contributed by atoms with Gasteiger partial charge in [-0.3, -0.25) is 0 Å². The van der Waals surface area contributed by atoms with Crippen molar-refractivity contribution in [2.45, 2.75) is 50.7 Å². The van der Waals surface area contributed by atoms with Crippen LogP contribution in [0.5, 0.6) is 0 Å². The second kappa shape index (κ2) is 7.79. The summed E-state index contributed by atoms with van der Waals surface area (Å²) in [5, 5.41) is 10.5. The Labute approximate surface area is 153 Å². The number of aliphatic hydroxyl groups is 1. The van der Waals surface area contributed by atoms with Crippen LogP contribution in [0.15, 0.2) is 55.1 Å². The molecule has 0 radical (unpaired) electrons. The zero-order valence-corrected chi connectivity index (χ0v) is 14.8. The largest absolute Gasteiger partial charge is 0.387 e. The zero-order valence-electron chi connectivity index (χ0n) is 14.8. The first kappa shape index (κ1) is 16.9. The lowest BCUT2D eigenvalue weighted by Crippen LogP contribution is -2.10. The average Bonchev–Trinajstić information content (AvgIpc) is 3.17. The molecule has 4 rings (SSSR count). The van der Waals surface area contributed by atoms with Crippen molar-refractivity contribution in [1.29, 1.82) is 0 Å². The van der Waals surface area contributed by atoms with Gasteiger partial charge in [0, 0.05) is 30.7 Å². The van der Waals surface area contributed by atoms with E-state index in [1.165, 1.54) is 32.1 Å². The zero-order chi connectivity index (χ0) is 17.8. The van der Waals surface area contributed by atoms with Crippen LogP contribution in [0.1, 0.15) is 55.5 Å². The lowest BCUT2D eigenvalue weighted by molar-refractivity contribution is 0.157. The van der Waals surface area contributed by atoms with E-state index >= 15 is 0 Å². The molecule has 2 heterocycles. The lowest BCUT2D eigenvalue weighted by atomic mass is 9.89. The average molecular weight is 348 g/mol. The van der Waals surface area contributed by atoms with Gasteiger partial charge in [0.1, 0.15) is 11.6 Å². The predicted molar refractivity (Wildman–Crippen MR) is 100 cm³/mol. The number of hydrogen-bond donors (Lipinski definition) is 1. The molecule has 5 nitrogen and oxygen atoms in total. The minimum absolute atomic E-state index is 0.448. The highest BCUT2D eigenvalue weighted by Gasteiger charge is 2.19. The van der Waals surface area contributed by atoms with E-state index in [-0.39, 0.29) is 0 Å². The van der Waals surface area contributed by atoms with Gasteiger partial charge in [0.25, 0.3) is 0 Å². The summed E-state index contributed by atoms with van der Waals surface area (Å²) < 4.78 is 1.96. The molecule has 1 aromatic carbocycles. The molecule has 26 heavy (non-hydrogen) atoms. The smallest absolute Gasteiger partial charge is 0.143 e. The number of aromatic nitrogens is 4. The van der Waals surface area contributed by atoms with Crippen LogP contribution in [0.25, 0.3) is 11.4 Å². The fraction of sp³-hybridized carbons (Fsp3) is 0.381. The fourth-order valence-electron chi connectivity index (χ4n) is 3.71. The summed E-state index contributed by atoms with van der Waals surface area (Å²) in [5.41, 5.74) is 1.78. The van der Waals surface area contributed by atoms with E-state index in [4.69, 9.17) is 0 Å². The number of imidazole rings is 1. The highest BCUT2D eigenvalue weighted by Crippen LogP contribution is 2.31. The van der Waals surface area contributed by atoms with Crippen molar-refractivity contribution in [2.24, 2.45) is 0 Å². The molecule has 1 saturated carbocycles. The maximum absolute atomic E-state index is 10.5. The molecule has 1 unspecified atom stereocenters. The van der Waals surface area contributed by atoms with E-state index in [1.54, 1.807) is 6.20 Å². The van der Waals surface area contributed by atoms with Crippen molar-refractivity contribution < 1.29 is 5.11 Å². The molecule has 0 amide bonds. The van der Waals surface area contributed by atoms with E-state index in [1.807, 2.05) is 53.5 Å². The lowest BCUT2D eigenvalue weighted by Gasteiger charge is -2.20. The molecule has 0 saturated heterocycles. The number of rotatable bonds is 5. The first-order valence-corrected chi connectivity index (χ1v) is 9.38. The number of benzene rings is 1. The van der Waals surface area contributed by atoms with Crippen LogP contribution in [0.3, 0.4) is 0 Å².